The van der Waals surface area contributed by atoms with Crippen molar-refractivity contribution in [1.82, 2.24) is 5.32 Å². The molecule has 0 atom stereocenters. The van der Waals surface area contributed by atoms with Crippen LogP contribution in [0.2, 0.25) is 0 Å². The Morgan fingerprint density at radius 3 is 2.43 bits per heavy atom. The van der Waals surface area contributed by atoms with Crippen LogP contribution in [-0.2, 0) is 0 Å². The summed E-state index contributed by atoms with van der Waals surface area (Å²) in [6.07, 6.45) is 1.00. The number of nitrogens with one attached hydrogen (secondary N) is 1. The molecule has 1 amide bonds. The maximum Gasteiger partial charge on any atom is 0.387 e. The first kappa shape index (κ1) is 17.3. The van der Waals surface area contributed by atoms with E-state index in [1.165, 1.54) is 18.2 Å². The Bertz CT molecular complexity index is 519. The van der Waals surface area contributed by atoms with Crippen LogP contribution in [0.1, 0.15) is 37.0 Å². The lowest BCUT2D eigenvalue weighted by atomic mass is 9.92. The van der Waals surface area contributed by atoms with Gasteiger partial charge in [-0.3, -0.25) is 4.79 Å². The van der Waals surface area contributed by atoms with E-state index in [2.05, 4.69) is 10.1 Å². The van der Waals surface area contributed by atoms with E-state index < -0.39 is 18.1 Å². The van der Waals surface area contributed by atoms with Crippen molar-refractivity contribution in [2.75, 3.05) is 0 Å². The van der Waals surface area contributed by atoms with Gasteiger partial charge in [-0.1, -0.05) is 38.2 Å². The molecule has 7 heteroatoms. The molecule has 0 saturated carbocycles. The van der Waals surface area contributed by atoms with Crippen molar-refractivity contribution in [2.24, 2.45) is 5.73 Å². The van der Waals surface area contributed by atoms with E-state index in [0.29, 0.717) is 12.8 Å². The molecular formula is C14H18F2N2O2S. The average molecular weight is 316 g/mol. The number of benzene rings is 1. The summed E-state index contributed by atoms with van der Waals surface area (Å²) in [6.45, 7) is 0.672. The molecule has 0 spiro atoms. The van der Waals surface area contributed by atoms with E-state index in [1.54, 1.807) is 6.07 Å². The highest BCUT2D eigenvalue weighted by molar-refractivity contribution is 7.80. The molecule has 116 valence electrons. The lowest BCUT2D eigenvalue weighted by Gasteiger charge is -2.31. The summed E-state index contributed by atoms with van der Waals surface area (Å²) < 4.78 is 29.1. The van der Waals surface area contributed by atoms with Gasteiger partial charge in [0.15, 0.2) is 0 Å². The molecule has 0 radical (unpaired) electrons. The van der Waals surface area contributed by atoms with Crippen LogP contribution in [0.4, 0.5) is 8.78 Å². The standard InChI is InChI=1S/C14H18F2N2O2S/c1-3-14(4-2,12(17)21)18-11(19)9-7-5-6-8-10(9)20-13(15)16/h5-8,13H,3-4H2,1-2H3,(H2,17,21)(H,18,19). The third-order valence-electron chi connectivity index (χ3n) is 3.38. The SMILES string of the molecule is CCC(CC)(NC(=O)c1ccccc1OC(F)F)C(N)=S. The normalized spacial score (nSPS) is 11.3. The van der Waals surface area contributed by atoms with E-state index in [9.17, 15) is 13.6 Å². The fourth-order valence-electron chi connectivity index (χ4n) is 1.97. The van der Waals surface area contributed by atoms with Crippen LogP contribution >= 0.6 is 12.2 Å². The summed E-state index contributed by atoms with van der Waals surface area (Å²) in [4.78, 5) is 12.5. The Morgan fingerprint density at radius 1 is 1.38 bits per heavy atom. The van der Waals surface area contributed by atoms with Gasteiger partial charge in [0.05, 0.1) is 16.1 Å². The molecule has 1 aromatic rings. The number of hydrogen-bond acceptors (Lipinski definition) is 3. The first-order chi connectivity index (χ1) is 9.86. The molecule has 0 aliphatic rings. The number of halogens is 2. The van der Waals surface area contributed by atoms with Crippen LogP contribution in [0.5, 0.6) is 5.75 Å². The number of carbonyl (C=O) groups excluding carboxylic acids is 1. The van der Waals surface area contributed by atoms with Gasteiger partial charge in [-0.2, -0.15) is 8.78 Å². The first-order valence-electron chi connectivity index (χ1n) is 6.52. The van der Waals surface area contributed by atoms with Crippen molar-refractivity contribution in [1.29, 1.82) is 0 Å². The molecule has 0 aromatic heterocycles. The summed E-state index contributed by atoms with van der Waals surface area (Å²) in [5.41, 5.74) is 4.87. The zero-order valence-electron chi connectivity index (χ0n) is 11.9. The molecule has 4 nitrogen and oxygen atoms in total. The van der Waals surface area contributed by atoms with Crippen LogP contribution in [0.25, 0.3) is 0 Å². The molecule has 1 rings (SSSR count). The molecule has 0 saturated heterocycles. The van der Waals surface area contributed by atoms with Crippen LogP contribution in [0.3, 0.4) is 0 Å². The fraction of sp³-hybridized carbons (Fsp3) is 0.429. The zero-order valence-corrected chi connectivity index (χ0v) is 12.7. The quantitative estimate of drug-likeness (QED) is 0.759. The number of alkyl halides is 2. The van der Waals surface area contributed by atoms with Gasteiger partial charge in [0.25, 0.3) is 5.91 Å². The van der Waals surface area contributed by atoms with Crippen LogP contribution < -0.4 is 15.8 Å². The van der Waals surface area contributed by atoms with Crippen molar-refractivity contribution >= 4 is 23.1 Å². The summed E-state index contributed by atoms with van der Waals surface area (Å²) in [5.74, 6) is -0.739. The maximum atomic E-state index is 12.4. The molecule has 1 aromatic carbocycles. The Balaban J connectivity index is 3.06. The monoisotopic (exact) mass is 316 g/mol. The van der Waals surface area contributed by atoms with Crippen molar-refractivity contribution in [3.05, 3.63) is 29.8 Å². The molecule has 0 aliphatic heterocycles. The molecule has 0 heterocycles. The molecular weight excluding hydrogens is 298 g/mol. The van der Waals surface area contributed by atoms with Crippen LogP contribution in [0, 0.1) is 0 Å². The minimum Gasteiger partial charge on any atom is -0.434 e. The number of nitrogens with two attached hydrogens (primary N) is 1. The van der Waals surface area contributed by atoms with E-state index in [4.69, 9.17) is 18.0 Å². The highest BCUT2D eigenvalue weighted by atomic mass is 32.1. The van der Waals surface area contributed by atoms with Gasteiger partial charge in [0, 0.05) is 0 Å². The largest absolute Gasteiger partial charge is 0.434 e. The molecule has 0 aliphatic carbocycles. The second-order valence-corrected chi connectivity index (χ2v) is 4.92. The molecule has 21 heavy (non-hydrogen) atoms. The van der Waals surface area contributed by atoms with E-state index in [-0.39, 0.29) is 16.3 Å². The van der Waals surface area contributed by atoms with Crippen molar-refractivity contribution in [3.63, 3.8) is 0 Å². The predicted octanol–water partition coefficient (Wildman–Crippen LogP) is 2.86. The van der Waals surface area contributed by atoms with Crippen LogP contribution in [0.15, 0.2) is 24.3 Å². The topological polar surface area (TPSA) is 64.3 Å². The lowest BCUT2D eigenvalue weighted by molar-refractivity contribution is -0.0501. The third-order valence-corrected chi connectivity index (χ3v) is 3.77. The molecule has 0 fully saturated rings. The maximum absolute atomic E-state index is 12.4. The highest BCUT2D eigenvalue weighted by Crippen LogP contribution is 2.23. The smallest absolute Gasteiger partial charge is 0.387 e. The van der Waals surface area contributed by atoms with Crippen LogP contribution in [-0.4, -0.2) is 23.0 Å². The summed E-state index contributed by atoms with van der Waals surface area (Å²) >= 11 is 5.01. The Kier molecular flexibility index (Phi) is 6.02. The lowest BCUT2D eigenvalue weighted by Crippen LogP contribution is -2.56. The number of rotatable bonds is 7. The number of carbonyl (C=O) groups is 1. The van der Waals surface area contributed by atoms with Crippen molar-refractivity contribution in [3.8, 4) is 5.75 Å². The highest BCUT2D eigenvalue weighted by Gasteiger charge is 2.32. The number of ether oxygens (including phenoxy) is 1. The first-order valence-corrected chi connectivity index (χ1v) is 6.93. The van der Waals surface area contributed by atoms with E-state index >= 15 is 0 Å². The number of thiocarbonyl (C=S) groups is 1. The summed E-state index contributed by atoms with van der Waals surface area (Å²) in [7, 11) is 0. The number of amides is 1. The molecule has 0 unspecified atom stereocenters. The van der Waals surface area contributed by atoms with Gasteiger partial charge < -0.3 is 15.8 Å². The van der Waals surface area contributed by atoms with Gasteiger partial charge in [-0.15, -0.1) is 0 Å². The molecule has 0 bridgehead atoms. The Hall–Kier alpha value is -1.76. The predicted molar refractivity (Wildman–Crippen MR) is 80.6 cm³/mol. The van der Waals surface area contributed by atoms with Gasteiger partial charge in [-0.25, -0.2) is 0 Å². The second-order valence-electron chi connectivity index (χ2n) is 4.48. The minimum atomic E-state index is -3.00. The number of para-hydroxylation sites is 1. The second kappa shape index (κ2) is 7.31. The van der Waals surface area contributed by atoms with Gasteiger partial charge in [0.2, 0.25) is 0 Å². The van der Waals surface area contributed by atoms with Crippen molar-refractivity contribution < 1.29 is 18.3 Å². The molecule has 3 N–H and O–H groups in total. The third kappa shape index (κ3) is 4.10. The fourth-order valence-corrected chi connectivity index (χ4v) is 2.31. The van der Waals surface area contributed by atoms with Gasteiger partial charge in [0.1, 0.15) is 5.75 Å². The van der Waals surface area contributed by atoms with Crippen molar-refractivity contribution in [2.45, 2.75) is 38.8 Å². The summed E-state index contributed by atoms with van der Waals surface area (Å²) in [6, 6.07) is 5.78. The average Bonchev–Trinajstić information content (AvgIpc) is 2.44. The van der Waals surface area contributed by atoms with E-state index in [1.807, 2.05) is 13.8 Å². The van der Waals surface area contributed by atoms with E-state index in [0.717, 1.165) is 0 Å². The zero-order chi connectivity index (χ0) is 16.0. The minimum absolute atomic E-state index is 0.0142. The number of hydrogen-bond donors (Lipinski definition) is 2. The summed E-state index contributed by atoms with van der Waals surface area (Å²) in [5, 5.41) is 2.73. The Labute approximate surface area is 127 Å². The van der Waals surface area contributed by atoms with Gasteiger partial charge >= 0.3 is 6.61 Å². The van der Waals surface area contributed by atoms with Gasteiger partial charge in [-0.05, 0) is 25.0 Å². The Morgan fingerprint density at radius 2 is 1.95 bits per heavy atom.